The van der Waals surface area contributed by atoms with Gasteiger partial charge in [0, 0.05) is 38.3 Å². The molecule has 8 heteroatoms. The van der Waals surface area contributed by atoms with Crippen LogP contribution in [0.2, 0.25) is 0 Å². The van der Waals surface area contributed by atoms with Crippen molar-refractivity contribution in [1.82, 2.24) is 15.5 Å². The second-order valence-electron chi connectivity index (χ2n) is 7.71. The van der Waals surface area contributed by atoms with Gasteiger partial charge in [0.15, 0.2) is 17.5 Å². The summed E-state index contributed by atoms with van der Waals surface area (Å²) in [5, 5.41) is 6.79. The van der Waals surface area contributed by atoms with Crippen molar-refractivity contribution in [1.29, 1.82) is 0 Å². The molecule has 2 aromatic rings. The first-order chi connectivity index (χ1) is 15.5. The molecule has 0 spiro atoms. The van der Waals surface area contributed by atoms with E-state index in [1.165, 1.54) is 5.56 Å². The van der Waals surface area contributed by atoms with Crippen molar-refractivity contribution in [3.63, 3.8) is 0 Å². The van der Waals surface area contributed by atoms with Gasteiger partial charge in [0.05, 0.1) is 21.3 Å². The van der Waals surface area contributed by atoms with E-state index in [1.54, 1.807) is 28.4 Å². The molecule has 184 valence electrons. The first-order valence-electron chi connectivity index (χ1n) is 11.0. The van der Waals surface area contributed by atoms with Crippen molar-refractivity contribution in [3.05, 3.63) is 53.6 Å². The minimum atomic E-state index is 0. The summed E-state index contributed by atoms with van der Waals surface area (Å²) in [6.07, 6.45) is 1.79. The van der Waals surface area contributed by atoms with Crippen LogP contribution in [0.15, 0.2) is 47.5 Å². The van der Waals surface area contributed by atoms with Gasteiger partial charge in [-0.3, -0.25) is 9.89 Å². The number of rotatable bonds is 12. The highest BCUT2D eigenvalue weighted by Gasteiger charge is 2.15. The van der Waals surface area contributed by atoms with Crippen molar-refractivity contribution in [2.75, 3.05) is 48.5 Å². The Morgan fingerprint density at radius 2 is 1.61 bits per heavy atom. The second kappa shape index (κ2) is 15.6. The third-order valence-corrected chi connectivity index (χ3v) is 5.58. The van der Waals surface area contributed by atoms with E-state index in [0.717, 1.165) is 44.0 Å². The van der Waals surface area contributed by atoms with Gasteiger partial charge in [0.2, 0.25) is 5.75 Å². The van der Waals surface area contributed by atoms with Crippen LogP contribution < -0.4 is 24.8 Å². The van der Waals surface area contributed by atoms with Crippen molar-refractivity contribution in [2.24, 2.45) is 4.99 Å². The summed E-state index contributed by atoms with van der Waals surface area (Å²) in [5.41, 5.74) is 2.38. The van der Waals surface area contributed by atoms with E-state index in [9.17, 15) is 0 Å². The lowest BCUT2D eigenvalue weighted by Crippen LogP contribution is -2.40. The van der Waals surface area contributed by atoms with Gasteiger partial charge in [-0.05, 0) is 38.4 Å². The molecule has 0 fully saturated rings. The molecular formula is C25H39IN4O3. The Morgan fingerprint density at radius 1 is 0.939 bits per heavy atom. The highest BCUT2D eigenvalue weighted by atomic mass is 127. The summed E-state index contributed by atoms with van der Waals surface area (Å²) in [4.78, 5) is 6.71. The number of guanidine groups is 1. The molecule has 33 heavy (non-hydrogen) atoms. The lowest BCUT2D eigenvalue weighted by atomic mass is 10.1. The number of aliphatic imine (C=N–C) groups is 1. The van der Waals surface area contributed by atoms with Crippen molar-refractivity contribution in [2.45, 2.75) is 32.4 Å². The van der Waals surface area contributed by atoms with Crippen LogP contribution in [-0.4, -0.2) is 65.4 Å². The fraction of sp³-hybridized carbons (Fsp3) is 0.480. The lowest BCUT2D eigenvalue weighted by molar-refractivity contribution is 0.238. The Bertz CT molecular complexity index is 849. The second-order valence-corrected chi connectivity index (χ2v) is 7.71. The van der Waals surface area contributed by atoms with Crippen LogP contribution in [0.3, 0.4) is 0 Å². The van der Waals surface area contributed by atoms with Crippen molar-refractivity contribution < 1.29 is 14.2 Å². The summed E-state index contributed by atoms with van der Waals surface area (Å²) >= 11 is 0. The number of nitrogens with one attached hydrogen (secondary N) is 2. The predicted molar refractivity (Wildman–Crippen MR) is 147 cm³/mol. The molecule has 1 atom stereocenters. The lowest BCUT2D eigenvalue weighted by Gasteiger charge is -2.25. The minimum absolute atomic E-state index is 0. The Labute approximate surface area is 215 Å². The van der Waals surface area contributed by atoms with Gasteiger partial charge in [0.25, 0.3) is 0 Å². The summed E-state index contributed by atoms with van der Waals surface area (Å²) < 4.78 is 16.4. The number of nitrogens with zero attached hydrogens (tertiary/aromatic N) is 2. The molecule has 0 aliphatic heterocycles. The predicted octanol–water partition coefficient (Wildman–Crippen LogP) is 3.95. The molecule has 1 unspecified atom stereocenters. The standard InChI is InChI=1S/C25H38N4O3.HI/c1-19(29(3)18-20-10-8-7-9-11-20)14-16-27-25(26-2)28-17-15-21-12-13-22(30-4)24(32-6)23(21)31-5;/h7-13,19H,14-18H2,1-6H3,(H2,26,27,28);1H. The molecule has 0 heterocycles. The summed E-state index contributed by atoms with van der Waals surface area (Å²) in [6, 6.07) is 14.9. The topological polar surface area (TPSA) is 67.4 Å². The van der Waals surface area contributed by atoms with Gasteiger partial charge < -0.3 is 24.8 Å². The normalized spacial score (nSPS) is 12.0. The van der Waals surface area contributed by atoms with E-state index in [4.69, 9.17) is 14.2 Å². The molecule has 2 rings (SSSR count). The van der Waals surface area contributed by atoms with Crippen LogP contribution in [-0.2, 0) is 13.0 Å². The minimum Gasteiger partial charge on any atom is -0.493 e. The zero-order chi connectivity index (χ0) is 23.3. The van der Waals surface area contributed by atoms with Crippen molar-refractivity contribution in [3.8, 4) is 17.2 Å². The molecule has 0 aliphatic carbocycles. The Hall–Kier alpha value is -2.20. The Kier molecular flexibility index (Phi) is 13.6. The number of benzene rings is 2. The largest absolute Gasteiger partial charge is 0.493 e. The maximum atomic E-state index is 5.57. The quantitative estimate of drug-likeness (QED) is 0.229. The first kappa shape index (κ1) is 28.8. The van der Waals surface area contributed by atoms with E-state index in [-0.39, 0.29) is 24.0 Å². The molecule has 0 bridgehead atoms. The molecule has 0 radical (unpaired) electrons. The van der Waals surface area contributed by atoms with E-state index < -0.39 is 0 Å². The summed E-state index contributed by atoms with van der Waals surface area (Å²) in [5.74, 6) is 2.77. The number of ether oxygens (including phenoxy) is 3. The molecule has 0 saturated heterocycles. The zero-order valence-corrected chi connectivity index (χ0v) is 23.0. The fourth-order valence-corrected chi connectivity index (χ4v) is 3.54. The van der Waals surface area contributed by atoms with Crippen LogP contribution in [0.5, 0.6) is 17.2 Å². The van der Waals surface area contributed by atoms with Gasteiger partial charge >= 0.3 is 0 Å². The molecule has 0 amide bonds. The molecule has 0 saturated carbocycles. The van der Waals surface area contributed by atoms with E-state index in [0.29, 0.717) is 23.3 Å². The Morgan fingerprint density at radius 3 is 2.21 bits per heavy atom. The van der Waals surface area contributed by atoms with Crippen LogP contribution in [0, 0.1) is 0 Å². The smallest absolute Gasteiger partial charge is 0.203 e. The average Bonchev–Trinajstić information content (AvgIpc) is 2.82. The number of methoxy groups -OCH3 is 3. The first-order valence-corrected chi connectivity index (χ1v) is 11.0. The average molecular weight is 571 g/mol. The van der Waals surface area contributed by atoms with Gasteiger partial charge in [0.1, 0.15) is 0 Å². The van der Waals surface area contributed by atoms with Gasteiger partial charge in [-0.15, -0.1) is 24.0 Å². The maximum absolute atomic E-state index is 5.57. The molecule has 0 aromatic heterocycles. The highest BCUT2D eigenvalue weighted by molar-refractivity contribution is 14.0. The number of hydrogen-bond acceptors (Lipinski definition) is 5. The zero-order valence-electron chi connectivity index (χ0n) is 20.7. The molecular weight excluding hydrogens is 531 g/mol. The van der Waals surface area contributed by atoms with Gasteiger partial charge in [-0.25, -0.2) is 0 Å². The molecule has 0 aliphatic rings. The van der Waals surface area contributed by atoms with E-state index >= 15 is 0 Å². The fourth-order valence-electron chi connectivity index (χ4n) is 3.54. The van der Waals surface area contributed by atoms with Crippen LogP contribution in [0.4, 0.5) is 0 Å². The van der Waals surface area contributed by atoms with Gasteiger partial charge in [-0.1, -0.05) is 36.4 Å². The monoisotopic (exact) mass is 570 g/mol. The Balaban J connectivity index is 0.00000544. The van der Waals surface area contributed by atoms with Crippen molar-refractivity contribution >= 4 is 29.9 Å². The maximum Gasteiger partial charge on any atom is 0.203 e. The number of halogens is 1. The third-order valence-electron chi connectivity index (χ3n) is 5.58. The van der Waals surface area contributed by atoms with Crippen LogP contribution in [0.25, 0.3) is 0 Å². The third kappa shape index (κ3) is 8.92. The molecule has 2 aromatic carbocycles. The summed E-state index contributed by atoms with van der Waals surface area (Å²) in [6.45, 7) is 4.76. The van der Waals surface area contributed by atoms with Gasteiger partial charge in [-0.2, -0.15) is 0 Å². The molecule has 7 nitrogen and oxygen atoms in total. The van der Waals surface area contributed by atoms with E-state index in [2.05, 4.69) is 64.8 Å². The van der Waals surface area contributed by atoms with Crippen LogP contribution in [0.1, 0.15) is 24.5 Å². The molecule has 2 N–H and O–H groups in total. The summed E-state index contributed by atoms with van der Waals surface area (Å²) in [7, 11) is 8.84. The highest BCUT2D eigenvalue weighted by Crippen LogP contribution is 2.39. The van der Waals surface area contributed by atoms with E-state index in [1.807, 2.05) is 12.1 Å². The number of hydrogen-bond donors (Lipinski definition) is 2. The van der Waals surface area contributed by atoms with Crippen LogP contribution >= 0.6 is 24.0 Å². The SMILES string of the molecule is CN=C(NCCc1ccc(OC)c(OC)c1OC)NCCC(C)N(C)Cc1ccccc1.I.